The van der Waals surface area contributed by atoms with Crippen LogP contribution in [0.1, 0.15) is 6.92 Å². The van der Waals surface area contributed by atoms with Gasteiger partial charge in [0.1, 0.15) is 6.07 Å². The van der Waals surface area contributed by atoms with E-state index in [4.69, 9.17) is 15.3 Å². The molecule has 2 unspecified atom stereocenters. The Bertz CT molecular complexity index is 186. The first-order chi connectivity index (χ1) is 3.81. The molecule has 9 heavy (non-hydrogen) atoms. The fourth-order valence-electron chi connectivity index (χ4n) is 0.0928. The molecule has 5 heteroatoms. The second-order valence-electron chi connectivity index (χ2n) is 2.01. The predicted octanol–water partition coefficient (Wildman–Crippen LogP) is 0.119. The van der Waals surface area contributed by atoms with Crippen molar-refractivity contribution < 1.29 is 14.6 Å². The maximum Gasteiger partial charge on any atom is 0.242 e. The number of nitriles is 1. The van der Waals surface area contributed by atoms with Crippen LogP contribution >= 0.6 is 7.37 Å². The van der Waals surface area contributed by atoms with Crippen molar-refractivity contribution in [2.24, 2.45) is 0 Å². The Morgan fingerprint density at radius 1 is 1.78 bits per heavy atom. The molecule has 4 nitrogen and oxygen atoms in total. The lowest BCUT2D eigenvalue weighted by molar-refractivity contribution is 0.185. The Morgan fingerprint density at radius 3 is 2.11 bits per heavy atom. The molecule has 0 rings (SSSR count). The number of hydrogen-bond acceptors (Lipinski definition) is 3. The summed E-state index contributed by atoms with van der Waals surface area (Å²) in [6.07, 6.45) is 0. The van der Waals surface area contributed by atoms with Crippen LogP contribution in [-0.2, 0) is 4.57 Å². The molecule has 0 spiro atoms. The van der Waals surface area contributed by atoms with Gasteiger partial charge in [-0.3, -0.25) is 4.57 Å². The number of nitrogens with zero attached hydrogens (tertiary/aromatic N) is 1. The highest BCUT2D eigenvalue weighted by Gasteiger charge is 2.37. The molecule has 0 aromatic rings. The number of aliphatic hydroxyl groups is 1. The van der Waals surface area contributed by atoms with Crippen LogP contribution in [0, 0.1) is 11.3 Å². The van der Waals surface area contributed by atoms with E-state index in [2.05, 4.69) is 0 Å². The van der Waals surface area contributed by atoms with E-state index in [-0.39, 0.29) is 0 Å². The largest absolute Gasteiger partial charge is 0.368 e. The fraction of sp³-hybridized carbons (Fsp3) is 0.750. The van der Waals surface area contributed by atoms with Crippen molar-refractivity contribution in [1.29, 1.82) is 5.26 Å². The molecule has 0 radical (unpaired) electrons. The molecule has 0 aliphatic rings. The molecular formula is C4H8NO3P. The van der Waals surface area contributed by atoms with Crippen LogP contribution < -0.4 is 0 Å². The van der Waals surface area contributed by atoms with E-state index in [0.717, 1.165) is 13.6 Å². The molecule has 52 valence electrons. The van der Waals surface area contributed by atoms with E-state index < -0.39 is 12.7 Å². The van der Waals surface area contributed by atoms with Crippen LogP contribution in [0.2, 0.25) is 0 Å². The van der Waals surface area contributed by atoms with Gasteiger partial charge >= 0.3 is 0 Å². The van der Waals surface area contributed by atoms with Crippen LogP contribution in [-0.4, -0.2) is 22.0 Å². The molecule has 2 atom stereocenters. The van der Waals surface area contributed by atoms with Crippen molar-refractivity contribution in [1.82, 2.24) is 0 Å². The molecule has 0 fully saturated rings. The molecule has 0 bridgehead atoms. The maximum atomic E-state index is 10.6. The van der Waals surface area contributed by atoms with Gasteiger partial charge in [0.2, 0.25) is 12.7 Å². The summed E-state index contributed by atoms with van der Waals surface area (Å²) < 4.78 is 10.6. The van der Waals surface area contributed by atoms with E-state index in [1.807, 2.05) is 0 Å². The standard InChI is InChI=1S/C4H8NO3P/c1-4(6,3-5)9(2,7)8/h6H,1-2H3,(H,7,8). The molecule has 0 saturated heterocycles. The molecule has 0 amide bonds. The molecule has 0 heterocycles. The minimum atomic E-state index is -3.67. The summed E-state index contributed by atoms with van der Waals surface area (Å²) in [4.78, 5) is 8.63. The Balaban J connectivity index is 4.61. The van der Waals surface area contributed by atoms with Crippen molar-refractivity contribution in [3.8, 4) is 6.07 Å². The van der Waals surface area contributed by atoms with Crippen molar-refractivity contribution >= 4 is 7.37 Å². The molecule has 0 aliphatic carbocycles. The average molecular weight is 149 g/mol. The summed E-state index contributed by atoms with van der Waals surface area (Å²) in [5, 5.41) is 14.8. The van der Waals surface area contributed by atoms with E-state index in [0.29, 0.717) is 0 Å². The minimum Gasteiger partial charge on any atom is -0.368 e. The number of rotatable bonds is 1. The van der Waals surface area contributed by atoms with Gasteiger partial charge in [-0.1, -0.05) is 0 Å². The quantitative estimate of drug-likeness (QED) is 0.409. The SMILES string of the molecule is CC(O)(C#N)P(C)(=O)O. The van der Waals surface area contributed by atoms with E-state index in [1.54, 1.807) is 0 Å². The zero-order chi connectivity index (χ0) is 7.71. The lowest BCUT2D eigenvalue weighted by atomic mass is 10.5. The van der Waals surface area contributed by atoms with Crippen molar-refractivity contribution in [2.75, 3.05) is 6.66 Å². The highest BCUT2D eigenvalue weighted by Crippen LogP contribution is 2.48. The van der Waals surface area contributed by atoms with Gasteiger partial charge in [-0.05, 0) is 6.92 Å². The topological polar surface area (TPSA) is 81.3 Å². The van der Waals surface area contributed by atoms with Crippen molar-refractivity contribution in [3.05, 3.63) is 0 Å². The summed E-state index contributed by atoms with van der Waals surface area (Å²) in [7, 11) is -3.67. The van der Waals surface area contributed by atoms with Crippen LogP contribution in [0.15, 0.2) is 0 Å². The summed E-state index contributed by atoms with van der Waals surface area (Å²) in [6.45, 7) is 1.95. The second kappa shape index (κ2) is 2.11. The van der Waals surface area contributed by atoms with E-state index in [1.165, 1.54) is 6.07 Å². The molecule has 0 saturated carbocycles. The van der Waals surface area contributed by atoms with Crippen LogP contribution in [0.25, 0.3) is 0 Å². The lowest BCUT2D eigenvalue weighted by Crippen LogP contribution is -2.20. The predicted molar refractivity (Wildman–Crippen MR) is 32.0 cm³/mol. The zero-order valence-electron chi connectivity index (χ0n) is 5.20. The summed E-state index contributed by atoms with van der Waals surface area (Å²) in [6, 6.07) is 1.32. The smallest absolute Gasteiger partial charge is 0.242 e. The minimum absolute atomic E-state index is 0.941. The van der Waals surface area contributed by atoms with Gasteiger partial charge in [0.15, 0.2) is 0 Å². The van der Waals surface area contributed by atoms with Crippen molar-refractivity contribution in [2.45, 2.75) is 12.3 Å². The highest BCUT2D eigenvalue weighted by atomic mass is 31.2. The zero-order valence-corrected chi connectivity index (χ0v) is 6.09. The first-order valence-electron chi connectivity index (χ1n) is 2.25. The highest BCUT2D eigenvalue weighted by molar-refractivity contribution is 7.58. The van der Waals surface area contributed by atoms with Gasteiger partial charge in [-0.2, -0.15) is 5.26 Å². The second-order valence-corrected chi connectivity index (χ2v) is 4.64. The summed E-state index contributed by atoms with van der Waals surface area (Å²) in [5.41, 5.74) is 0. The van der Waals surface area contributed by atoms with Crippen molar-refractivity contribution in [3.63, 3.8) is 0 Å². The van der Waals surface area contributed by atoms with E-state index >= 15 is 0 Å². The molecule has 2 N–H and O–H groups in total. The van der Waals surface area contributed by atoms with Gasteiger partial charge in [-0.25, -0.2) is 0 Å². The fourth-order valence-corrected chi connectivity index (χ4v) is 0.278. The van der Waals surface area contributed by atoms with Crippen LogP contribution in [0.5, 0.6) is 0 Å². The molecular weight excluding hydrogens is 141 g/mol. The first-order valence-corrected chi connectivity index (χ1v) is 4.36. The number of hydrogen-bond donors (Lipinski definition) is 2. The molecule has 0 aromatic heterocycles. The van der Waals surface area contributed by atoms with Gasteiger partial charge < -0.3 is 10.00 Å². The third-order valence-corrected chi connectivity index (χ3v) is 2.74. The maximum absolute atomic E-state index is 10.6. The van der Waals surface area contributed by atoms with E-state index in [9.17, 15) is 4.57 Å². The summed E-state index contributed by atoms with van der Waals surface area (Å²) >= 11 is 0. The average Bonchev–Trinajstić information content (AvgIpc) is 1.64. The Labute approximate surface area is 53.2 Å². The molecule has 0 aliphatic heterocycles. The normalized spacial score (nSPS) is 23.4. The molecule has 0 aromatic carbocycles. The Morgan fingerprint density at radius 2 is 2.11 bits per heavy atom. The Kier molecular flexibility index (Phi) is 2.02. The summed E-state index contributed by atoms with van der Waals surface area (Å²) in [5.74, 6) is 0. The van der Waals surface area contributed by atoms with Crippen LogP contribution in [0.3, 0.4) is 0 Å². The third kappa shape index (κ3) is 1.79. The lowest BCUT2D eigenvalue weighted by Gasteiger charge is -2.16. The van der Waals surface area contributed by atoms with Crippen LogP contribution in [0.4, 0.5) is 0 Å². The monoisotopic (exact) mass is 149 g/mol. The van der Waals surface area contributed by atoms with Gasteiger partial charge in [0.05, 0.1) is 0 Å². The van der Waals surface area contributed by atoms with Gasteiger partial charge in [0.25, 0.3) is 0 Å². The first kappa shape index (κ1) is 8.64. The Hall–Kier alpha value is -0.360. The van der Waals surface area contributed by atoms with Gasteiger partial charge in [-0.15, -0.1) is 0 Å². The van der Waals surface area contributed by atoms with Gasteiger partial charge in [0, 0.05) is 6.66 Å². The third-order valence-electron chi connectivity index (χ3n) is 1.02.